The van der Waals surface area contributed by atoms with Crippen molar-refractivity contribution >= 4 is 0 Å². The average Bonchev–Trinajstić information content (AvgIpc) is 2.43. The van der Waals surface area contributed by atoms with Gasteiger partial charge in [0, 0.05) is 6.07 Å². The van der Waals surface area contributed by atoms with Gasteiger partial charge in [-0.1, -0.05) is 32.9 Å². The molecule has 0 unspecified atom stereocenters. The van der Waals surface area contributed by atoms with E-state index in [4.69, 9.17) is 4.52 Å². The first-order valence-electron chi connectivity index (χ1n) is 4.19. The summed E-state index contributed by atoms with van der Waals surface area (Å²) in [6.07, 6.45) is 0. The molecule has 0 amide bonds. The summed E-state index contributed by atoms with van der Waals surface area (Å²) in [5.74, 6) is 0.873. The minimum absolute atomic E-state index is 0.873. The zero-order valence-electron chi connectivity index (χ0n) is 8.43. The molecule has 0 spiro atoms. The molecule has 66 valence electrons. The summed E-state index contributed by atoms with van der Waals surface area (Å²) in [6, 6.07) is 1.89. The van der Waals surface area contributed by atoms with Crippen LogP contribution in [0.5, 0.6) is 0 Å². The maximum absolute atomic E-state index is 4.71. The highest BCUT2D eigenvalue weighted by Crippen LogP contribution is 1.96. The first-order valence-corrected chi connectivity index (χ1v) is 4.19. The molecule has 0 fully saturated rings. The molecule has 0 aliphatic carbocycles. The highest BCUT2D eigenvalue weighted by Gasteiger charge is 1.88. The van der Waals surface area contributed by atoms with Crippen LogP contribution in [0.1, 0.15) is 39.1 Å². The van der Waals surface area contributed by atoms with E-state index in [0.717, 1.165) is 11.5 Å². The van der Waals surface area contributed by atoms with E-state index < -0.39 is 0 Å². The van der Waals surface area contributed by atoms with Crippen LogP contribution in [0, 0.1) is 13.8 Å². The zero-order valence-corrected chi connectivity index (χ0v) is 8.43. The highest BCUT2D eigenvalue weighted by atomic mass is 16.5. The smallest absolute Gasteiger partial charge is 0.133 e. The molecule has 0 N–H and O–H groups in total. The van der Waals surface area contributed by atoms with E-state index in [0.29, 0.717) is 0 Å². The molecule has 0 saturated carbocycles. The van der Waals surface area contributed by atoms with Gasteiger partial charge in [-0.15, -0.1) is 0 Å². The number of hydrogen-bond acceptors (Lipinski definition) is 2. The Labute approximate surface area is 69.6 Å². The van der Waals surface area contributed by atoms with Gasteiger partial charge in [-0.25, -0.2) is 0 Å². The summed E-state index contributed by atoms with van der Waals surface area (Å²) in [5, 5.41) is 3.64. The maximum atomic E-state index is 4.71. The minimum Gasteiger partial charge on any atom is -0.361 e. The molecule has 2 nitrogen and oxygen atoms in total. The van der Waals surface area contributed by atoms with Gasteiger partial charge in [0.1, 0.15) is 5.76 Å². The molecule has 11 heavy (non-hydrogen) atoms. The molecule has 1 rings (SSSR count). The van der Waals surface area contributed by atoms with Gasteiger partial charge in [-0.3, -0.25) is 0 Å². The Morgan fingerprint density at radius 2 is 1.55 bits per heavy atom. The van der Waals surface area contributed by atoms with Gasteiger partial charge in [0.2, 0.25) is 0 Å². The summed E-state index contributed by atoms with van der Waals surface area (Å²) in [5.41, 5.74) is 0.942. The lowest BCUT2D eigenvalue weighted by molar-refractivity contribution is 0.393. The van der Waals surface area contributed by atoms with Gasteiger partial charge in [0.25, 0.3) is 0 Å². The van der Waals surface area contributed by atoms with E-state index in [-0.39, 0.29) is 0 Å². The van der Waals surface area contributed by atoms with Crippen LogP contribution in [-0.2, 0) is 0 Å². The molecule has 0 atom stereocenters. The van der Waals surface area contributed by atoms with Crippen LogP contribution in [0.2, 0.25) is 0 Å². The van der Waals surface area contributed by atoms with Crippen molar-refractivity contribution in [2.45, 2.75) is 41.5 Å². The highest BCUT2D eigenvalue weighted by molar-refractivity contribution is 4.99. The third-order valence-electron chi connectivity index (χ3n) is 0.746. The van der Waals surface area contributed by atoms with E-state index in [1.807, 2.05) is 47.6 Å². The number of aromatic nitrogens is 1. The van der Waals surface area contributed by atoms with Crippen LogP contribution < -0.4 is 0 Å². The van der Waals surface area contributed by atoms with Crippen molar-refractivity contribution in [2.24, 2.45) is 0 Å². The number of aryl methyl sites for hydroxylation is 2. The molecular formula is C9H19NO. The minimum atomic E-state index is 0.873. The molecule has 1 aromatic rings. The van der Waals surface area contributed by atoms with Crippen molar-refractivity contribution < 1.29 is 4.52 Å². The number of hydrogen-bond donors (Lipinski definition) is 0. The Kier molecular flexibility index (Phi) is 10.8. The predicted molar refractivity (Wildman–Crippen MR) is 48.7 cm³/mol. The van der Waals surface area contributed by atoms with Crippen molar-refractivity contribution in [3.05, 3.63) is 17.5 Å². The monoisotopic (exact) mass is 157 g/mol. The Morgan fingerprint density at radius 3 is 1.64 bits per heavy atom. The lowest BCUT2D eigenvalue weighted by atomic mass is 10.4. The molecule has 0 bridgehead atoms. The zero-order chi connectivity index (χ0) is 9.28. The van der Waals surface area contributed by atoms with Crippen LogP contribution in [0.15, 0.2) is 10.6 Å². The van der Waals surface area contributed by atoms with Gasteiger partial charge >= 0.3 is 0 Å². The van der Waals surface area contributed by atoms with Crippen molar-refractivity contribution in [2.75, 3.05) is 0 Å². The fraction of sp³-hybridized carbons (Fsp3) is 0.667. The van der Waals surface area contributed by atoms with Crippen LogP contribution in [0.25, 0.3) is 0 Å². The van der Waals surface area contributed by atoms with E-state index in [9.17, 15) is 0 Å². The van der Waals surface area contributed by atoms with Gasteiger partial charge < -0.3 is 4.52 Å². The average molecular weight is 157 g/mol. The largest absolute Gasteiger partial charge is 0.361 e. The molecule has 1 aromatic heterocycles. The second-order valence-corrected chi connectivity index (χ2v) is 1.58. The van der Waals surface area contributed by atoms with E-state index in [2.05, 4.69) is 5.16 Å². The number of nitrogens with zero attached hydrogens (tertiary/aromatic N) is 1. The molecule has 0 aromatic carbocycles. The standard InChI is InChI=1S/C5H7NO.2C2H6/c1-4-3-5(2)7-6-4;2*1-2/h3H,1-2H3;2*1-2H3. The quantitative estimate of drug-likeness (QED) is 0.577. The fourth-order valence-electron chi connectivity index (χ4n) is 0.491. The summed E-state index contributed by atoms with van der Waals surface area (Å²) in [4.78, 5) is 0. The van der Waals surface area contributed by atoms with Gasteiger partial charge in [-0.05, 0) is 13.8 Å². The van der Waals surface area contributed by atoms with Crippen molar-refractivity contribution in [1.82, 2.24) is 5.16 Å². The van der Waals surface area contributed by atoms with Gasteiger partial charge in [-0.2, -0.15) is 0 Å². The third kappa shape index (κ3) is 7.10. The topological polar surface area (TPSA) is 26.0 Å². The van der Waals surface area contributed by atoms with Crippen LogP contribution >= 0.6 is 0 Å². The molecule has 0 saturated heterocycles. The second-order valence-electron chi connectivity index (χ2n) is 1.58. The normalized spacial score (nSPS) is 7.09. The molecule has 0 aliphatic rings. The molecule has 0 radical (unpaired) electrons. The van der Waals surface area contributed by atoms with E-state index in [1.54, 1.807) is 0 Å². The second kappa shape index (κ2) is 9.21. The lowest BCUT2D eigenvalue weighted by Gasteiger charge is -1.65. The predicted octanol–water partition coefficient (Wildman–Crippen LogP) is 3.34. The summed E-state index contributed by atoms with van der Waals surface area (Å²) < 4.78 is 4.71. The Morgan fingerprint density at radius 1 is 1.09 bits per heavy atom. The lowest BCUT2D eigenvalue weighted by Crippen LogP contribution is -1.59. The molecule has 1 heterocycles. The van der Waals surface area contributed by atoms with E-state index in [1.165, 1.54) is 0 Å². The SMILES string of the molecule is CC.CC.Cc1cc(C)on1. The van der Waals surface area contributed by atoms with Crippen molar-refractivity contribution in [3.8, 4) is 0 Å². The van der Waals surface area contributed by atoms with E-state index >= 15 is 0 Å². The van der Waals surface area contributed by atoms with Gasteiger partial charge in [0.15, 0.2) is 0 Å². The Hall–Kier alpha value is -0.790. The first-order chi connectivity index (χ1) is 5.29. The van der Waals surface area contributed by atoms with Crippen molar-refractivity contribution in [1.29, 1.82) is 0 Å². The van der Waals surface area contributed by atoms with Crippen LogP contribution in [0.3, 0.4) is 0 Å². The van der Waals surface area contributed by atoms with Crippen LogP contribution in [-0.4, -0.2) is 5.16 Å². The summed E-state index contributed by atoms with van der Waals surface area (Å²) in [6.45, 7) is 11.8. The summed E-state index contributed by atoms with van der Waals surface area (Å²) >= 11 is 0. The summed E-state index contributed by atoms with van der Waals surface area (Å²) in [7, 11) is 0. The molecule has 0 aliphatic heterocycles. The first kappa shape index (κ1) is 12.8. The Balaban J connectivity index is 0. The molecular weight excluding hydrogens is 138 g/mol. The van der Waals surface area contributed by atoms with Crippen molar-refractivity contribution in [3.63, 3.8) is 0 Å². The third-order valence-corrected chi connectivity index (χ3v) is 0.746. The van der Waals surface area contributed by atoms with Crippen LogP contribution in [0.4, 0.5) is 0 Å². The Bertz CT molecular complexity index is 142. The molecule has 2 heteroatoms. The van der Waals surface area contributed by atoms with Gasteiger partial charge in [0.05, 0.1) is 5.69 Å². The number of rotatable bonds is 0. The maximum Gasteiger partial charge on any atom is 0.133 e. The fourth-order valence-corrected chi connectivity index (χ4v) is 0.491.